The Morgan fingerprint density at radius 3 is 2.56 bits per heavy atom. The molecular formula is C13H17N3. The Bertz CT molecular complexity index is 416. The van der Waals surface area contributed by atoms with Crippen molar-refractivity contribution in [2.75, 3.05) is 7.05 Å². The molecule has 3 nitrogen and oxygen atoms in total. The van der Waals surface area contributed by atoms with E-state index < -0.39 is 0 Å². The molecule has 0 fully saturated rings. The van der Waals surface area contributed by atoms with E-state index >= 15 is 0 Å². The van der Waals surface area contributed by atoms with Crippen LogP contribution < -0.4 is 11.1 Å². The molecule has 0 saturated heterocycles. The zero-order valence-electron chi connectivity index (χ0n) is 9.70. The Labute approximate surface area is 96.4 Å². The molecule has 0 heterocycles. The van der Waals surface area contributed by atoms with Gasteiger partial charge in [0.1, 0.15) is 5.82 Å². The van der Waals surface area contributed by atoms with Crippen molar-refractivity contribution in [3.63, 3.8) is 0 Å². The van der Waals surface area contributed by atoms with Gasteiger partial charge in [0.15, 0.2) is 0 Å². The van der Waals surface area contributed by atoms with Crippen LogP contribution in [-0.4, -0.2) is 12.8 Å². The Balaban J connectivity index is 2.69. The lowest BCUT2D eigenvalue weighted by Gasteiger charge is -2.09. The molecule has 0 aliphatic carbocycles. The number of nitrogens with one attached hydrogen (secondary N) is 1. The van der Waals surface area contributed by atoms with Gasteiger partial charge in [-0.2, -0.15) is 0 Å². The van der Waals surface area contributed by atoms with E-state index in [1.165, 1.54) is 0 Å². The first-order valence-corrected chi connectivity index (χ1v) is 5.05. The Hall–Kier alpha value is -2.03. The van der Waals surface area contributed by atoms with Crippen LogP contribution in [0.1, 0.15) is 12.5 Å². The van der Waals surface area contributed by atoms with Crippen LogP contribution in [0.2, 0.25) is 0 Å². The highest BCUT2D eigenvalue weighted by molar-refractivity contribution is 5.93. The molecule has 84 valence electrons. The van der Waals surface area contributed by atoms with Crippen molar-refractivity contribution < 1.29 is 0 Å². The van der Waals surface area contributed by atoms with Crippen LogP contribution in [-0.2, 0) is 0 Å². The maximum Gasteiger partial charge on any atom is 0.102 e. The van der Waals surface area contributed by atoms with E-state index in [1.54, 1.807) is 13.1 Å². The summed E-state index contributed by atoms with van der Waals surface area (Å²) in [5.74, 6) is 0.539. The quantitative estimate of drug-likeness (QED) is 0.756. The van der Waals surface area contributed by atoms with E-state index in [-0.39, 0.29) is 0 Å². The lowest BCUT2D eigenvalue weighted by molar-refractivity contribution is 1.05. The number of rotatable bonds is 4. The second-order valence-electron chi connectivity index (χ2n) is 3.43. The second kappa shape index (κ2) is 5.75. The lowest BCUT2D eigenvalue weighted by Crippen LogP contribution is -2.19. The molecule has 0 aromatic heterocycles. The number of hydrogen-bond donors (Lipinski definition) is 2. The van der Waals surface area contributed by atoms with Crippen LogP contribution in [0, 0.1) is 0 Å². The minimum atomic E-state index is 0.539. The van der Waals surface area contributed by atoms with Crippen molar-refractivity contribution in [3.05, 3.63) is 54.4 Å². The maximum atomic E-state index is 5.80. The first kappa shape index (κ1) is 12.0. The summed E-state index contributed by atoms with van der Waals surface area (Å²) in [4.78, 5) is 4.00. The van der Waals surface area contributed by atoms with Crippen molar-refractivity contribution in [1.29, 1.82) is 0 Å². The molecule has 3 heteroatoms. The van der Waals surface area contributed by atoms with Crippen LogP contribution in [0.5, 0.6) is 0 Å². The number of benzene rings is 1. The van der Waals surface area contributed by atoms with E-state index in [0.717, 1.165) is 17.0 Å². The number of aliphatic imine (C=N–C) groups is 1. The van der Waals surface area contributed by atoms with Gasteiger partial charge in [0.2, 0.25) is 0 Å². The molecule has 0 bridgehead atoms. The SMILES string of the molecule is C=C(N/C(N)=C/C(C)=N\C)c1ccccc1. The molecule has 1 aromatic rings. The number of hydrogen-bond acceptors (Lipinski definition) is 3. The summed E-state index contributed by atoms with van der Waals surface area (Å²) >= 11 is 0. The van der Waals surface area contributed by atoms with Gasteiger partial charge in [0.05, 0.1) is 0 Å². The van der Waals surface area contributed by atoms with Crippen molar-refractivity contribution in [2.45, 2.75) is 6.92 Å². The summed E-state index contributed by atoms with van der Waals surface area (Å²) in [5.41, 5.74) is 8.46. The van der Waals surface area contributed by atoms with Crippen LogP contribution in [0.25, 0.3) is 5.70 Å². The average Bonchev–Trinajstić information content (AvgIpc) is 2.29. The van der Waals surface area contributed by atoms with Gasteiger partial charge in [-0.05, 0) is 18.6 Å². The van der Waals surface area contributed by atoms with Gasteiger partial charge < -0.3 is 11.1 Å². The number of nitrogens with zero attached hydrogens (tertiary/aromatic N) is 1. The molecule has 0 aliphatic heterocycles. The van der Waals surface area contributed by atoms with Crippen LogP contribution in [0.4, 0.5) is 0 Å². The number of nitrogens with two attached hydrogens (primary N) is 1. The van der Waals surface area contributed by atoms with Crippen molar-refractivity contribution in [2.24, 2.45) is 10.7 Å². The molecule has 0 amide bonds. The van der Waals surface area contributed by atoms with Gasteiger partial charge in [0.25, 0.3) is 0 Å². The lowest BCUT2D eigenvalue weighted by atomic mass is 10.2. The van der Waals surface area contributed by atoms with Gasteiger partial charge in [0, 0.05) is 18.5 Å². The highest BCUT2D eigenvalue weighted by atomic mass is 15.0. The molecule has 1 aromatic carbocycles. The maximum absolute atomic E-state index is 5.80. The van der Waals surface area contributed by atoms with Crippen molar-refractivity contribution in [1.82, 2.24) is 5.32 Å². The molecule has 0 radical (unpaired) electrons. The van der Waals surface area contributed by atoms with E-state index in [2.05, 4.69) is 16.9 Å². The van der Waals surface area contributed by atoms with E-state index in [4.69, 9.17) is 5.73 Å². The van der Waals surface area contributed by atoms with Gasteiger partial charge in [-0.1, -0.05) is 36.9 Å². The third-order valence-electron chi connectivity index (χ3n) is 2.13. The molecule has 0 aliphatic rings. The third-order valence-corrected chi connectivity index (χ3v) is 2.13. The molecule has 1 rings (SSSR count). The summed E-state index contributed by atoms with van der Waals surface area (Å²) < 4.78 is 0. The minimum Gasteiger partial charge on any atom is -0.385 e. The monoisotopic (exact) mass is 215 g/mol. The summed E-state index contributed by atoms with van der Waals surface area (Å²) in [6.45, 7) is 5.81. The topological polar surface area (TPSA) is 50.4 Å². The third kappa shape index (κ3) is 3.61. The van der Waals surface area contributed by atoms with Gasteiger partial charge >= 0.3 is 0 Å². The summed E-state index contributed by atoms with van der Waals surface area (Å²) in [6.07, 6.45) is 1.77. The first-order chi connectivity index (χ1) is 7.63. The van der Waals surface area contributed by atoms with Gasteiger partial charge in [-0.15, -0.1) is 0 Å². The molecule has 0 spiro atoms. The second-order valence-corrected chi connectivity index (χ2v) is 3.43. The van der Waals surface area contributed by atoms with Gasteiger partial charge in [-0.3, -0.25) is 4.99 Å². The summed E-state index contributed by atoms with van der Waals surface area (Å²) in [5, 5.41) is 3.02. The van der Waals surface area contributed by atoms with Crippen LogP contribution in [0.15, 0.2) is 53.8 Å². The summed E-state index contributed by atoms with van der Waals surface area (Å²) in [6, 6.07) is 9.83. The molecule has 0 unspecified atom stereocenters. The van der Waals surface area contributed by atoms with Crippen LogP contribution >= 0.6 is 0 Å². The predicted molar refractivity (Wildman–Crippen MR) is 69.9 cm³/mol. The molecule has 16 heavy (non-hydrogen) atoms. The zero-order chi connectivity index (χ0) is 12.0. The van der Waals surface area contributed by atoms with Crippen molar-refractivity contribution >= 4 is 11.4 Å². The standard InChI is InChI=1S/C13H17N3/c1-10(15-3)9-13(14)16-11(2)12-7-5-4-6-8-12/h4-9,16H,2,14H2,1,3H3/b13-9+,15-10-. The Morgan fingerprint density at radius 1 is 1.38 bits per heavy atom. The number of allylic oxidation sites excluding steroid dienone is 1. The molecule has 0 saturated carbocycles. The Kier molecular flexibility index (Phi) is 4.33. The highest BCUT2D eigenvalue weighted by Crippen LogP contribution is 2.08. The fraction of sp³-hybridized carbons (Fsp3) is 0.154. The smallest absolute Gasteiger partial charge is 0.102 e. The highest BCUT2D eigenvalue weighted by Gasteiger charge is 1.98. The predicted octanol–water partition coefficient (Wildman–Crippen LogP) is 2.14. The molecular weight excluding hydrogens is 198 g/mol. The molecule has 0 atom stereocenters. The Morgan fingerprint density at radius 2 is 2.00 bits per heavy atom. The fourth-order valence-corrected chi connectivity index (χ4v) is 1.21. The zero-order valence-corrected chi connectivity index (χ0v) is 9.70. The van der Waals surface area contributed by atoms with E-state index in [1.807, 2.05) is 37.3 Å². The largest absolute Gasteiger partial charge is 0.385 e. The average molecular weight is 215 g/mol. The van der Waals surface area contributed by atoms with Gasteiger partial charge in [-0.25, -0.2) is 0 Å². The van der Waals surface area contributed by atoms with Crippen molar-refractivity contribution in [3.8, 4) is 0 Å². The van der Waals surface area contributed by atoms with E-state index in [0.29, 0.717) is 5.82 Å². The summed E-state index contributed by atoms with van der Waals surface area (Å²) in [7, 11) is 1.73. The first-order valence-electron chi connectivity index (χ1n) is 5.05. The minimum absolute atomic E-state index is 0.539. The van der Waals surface area contributed by atoms with E-state index in [9.17, 15) is 0 Å². The fourth-order valence-electron chi connectivity index (χ4n) is 1.21. The molecule has 3 N–H and O–H groups in total. The normalized spacial score (nSPS) is 12.4. The van der Waals surface area contributed by atoms with Crippen LogP contribution in [0.3, 0.4) is 0 Å².